The summed E-state index contributed by atoms with van der Waals surface area (Å²) in [5.74, 6) is 0.624. The van der Waals surface area contributed by atoms with Gasteiger partial charge in [-0.1, -0.05) is 24.3 Å². The first-order chi connectivity index (χ1) is 6.90. The molecule has 0 amide bonds. The lowest BCUT2D eigenvalue weighted by molar-refractivity contribution is 0.194. The van der Waals surface area contributed by atoms with Crippen LogP contribution in [0.3, 0.4) is 0 Å². The highest BCUT2D eigenvalue weighted by molar-refractivity contribution is 5.25. The molecule has 1 fully saturated rings. The molecule has 2 nitrogen and oxygen atoms in total. The van der Waals surface area contributed by atoms with Crippen LogP contribution in [0.2, 0.25) is 0 Å². The zero-order chi connectivity index (χ0) is 9.80. The number of ether oxygens (including phenoxy) is 1. The van der Waals surface area contributed by atoms with Gasteiger partial charge in [-0.05, 0) is 24.6 Å². The first-order valence-electron chi connectivity index (χ1n) is 5.21. The van der Waals surface area contributed by atoms with Crippen LogP contribution < -0.4 is 5.32 Å². The van der Waals surface area contributed by atoms with Crippen molar-refractivity contribution in [2.24, 2.45) is 0 Å². The lowest BCUT2D eigenvalue weighted by atomic mass is 9.97. The smallest absolute Gasteiger partial charge is 0.0535 e. The van der Waals surface area contributed by atoms with E-state index in [4.69, 9.17) is 4.74 Å². The third-order valence-electron chi connectivity index (χ3n) is 2.76. The minimum absolute atomic E-state index is 0.624. The van der Waals surface area contributed by atoms with Gasteiger partial charge < -0.3 is 10.1 Å². The number of benzene rings is 1. The summed E-state index contributed by atoms with van der Waals surface area (Å²) in [5, 5.41) is 3.15. The largest absolute Gasteiger partial charge is 0.381 e. The van der Waals surface area contributed by atoms with Gasteiger partial charge in [0.1, 0.15) is 0 Å². The van der Waals surface area contributed by atoms with E-state index in [1.54, 1.807) is 0 Å². The standard InChI is InChI=1S/C12H17NO/c1-13-8-10-2-4-11(5-3-10)12-6-7-14-9-12/h2-5,12-13H,6-9H2,1H3. The first kappa shape index (κ1) is 9.69. The Labute approximate surface area is 85.3 Å². The highest BCUT2D eigenvalue weighted by atomic mass is 16.5. The molecule has 1 aromatic rings. The summed E-state index contributed by atoms with van der Waals surface area (Å²) in [4.78, 5) is 0. The Hall–Kier alpha value is -0.860. The normalized spacial score (nSPS) is 21.4. The Bertz CT molecular complexity index is 275. The Balaban J connectivity index is 2.05. The Morgan fingerprint density at radius 2 is 2.14 bits per heavy atom. The molecule has 0 saturated carbocycles. The fourth-order valence-electron chi connectivity index (χ4n) is 1.91. The predicted molar refractivity (Wildman–Crippen MR) is 57.4 cm³/mol. The summed E-state index contributed by atoms with van der Waals surface area (Å²) in [6, 6.07) is 8.85. The Morgan fingerprint density at radius 1 is 1.36 bits per heavy atom. The Kier molecular flexibility index (Phi) is 3.17. The molecular weight excluding hydrogens is 174 g/mol. The molecule has 76 valence electrons. The second-order valence-corrected chi connectivity index (χ2v) is 3.83. The van der Waals surface area contributed by atoms with Crippen LogP contribution in [0.4, 0.5) is 0 Å². The van der Waals surface area contributed by atoms with E-state index in [1.165, 1.54) is 17.5 Å². The van der Waals surface area contributed by atoms with E-state index in [0.29, 0.717) is 5.92 Å². The van der Waals surface area contributed by atoms with Crippen molar-refractivity contribution in [1.29, 1.82) is 0 Å². The van der Waals surface area contributed by atoms with Crippen molar-refractivity contribution in [3.63, 3.8) is 0 Å². The molecule has 2 rings (SSSR count). The molecule has 14 heavy (non-hydrogen) atoms. The minimum Gasteiger partial charge on any atom is -0.381 e. The van der Waals surface area contributed by atoms with Gasteiger partial charge in [-0.3, -0.25) is 0 Å². The van der Waals surface area contributed by atoms with Crippen molar-refractivity contribution in [2.75, 3.05) is 20.3 Å². The summed E-state index contributed by atoms with van der Waals surface area (Å²) in [6.45, 7) is 2.76. The van der Waals surface area contributed by atoms with Crippen LogP contribution in [0, 0.1) is 0 Å². The molecule has 0 aliphatic carbocycles. The minimum atomic E-state index is 0.624. The van der Waals surface area contributed by atoms with Gasteiger partial charge in [0.05, 0.1) is 6.61 Å². The van der Waals surface area contributed by atoms with Gasteiger partial charge in [-0.25, -0.2) is 0 Å². The Morgan fingerprint density at radius 3 is 2.71 bits per heavy atom. The molecule has 0 spiro atoms. The molecule has 1 atom stereocenters. The molecule has 0 aromatic heterocycles. The lowest BCUT2D eigenvalue weighted by Gasteiger charge is -2.08. The molecule has 2 heteroatoms. The van der Waals surface area contributed by atoms with E-state index in [1.807, 2.05) is 7.05 Å². The summed E-state index contributed by atoms with van der Waals surface area (Å²) in [6.07, 6.45) is 1.17. The highest BCUT2D eigenvalue weighted by Crippen LogP contribution is 2.25. The molecule has 1 N–H and O–H groups in total. The van der Waals surface area contributed by atoms with Crippen LogP contribution in [-0.2, 0) is 11.3 Å². The van der Waals surface area contributed by atoms with E-state index in [9.17, 15) is 0 Å². The molecule has 0 bridgehead atoms. The van der Waals surface area contributed by atoms with Crippen LogP contribution in [0.1, 0.15) is 23.5 Å². The monoisotopic (exact) mass is 191 g/mol. The fraction of sp³-hybridized carbons (Fsp3) is 0.500. The number of rotatable bonds is 3. The summed E-state index contributed by atoms with van der Waals surface area (Å²) in [5.41, 5.74) is 2.76. The SMILES string of the molecule is CNCc1ccc(C2CCOC2)cc1. The fourth-order valence-corrected chi connectivity index (χ4v) is 1.91. The van der Waals surface area contributed by atoms with Gasteiger partial charge >= 0.3 is 0 Å². The topological polar surface area (TPSA) is 21.3 Å². The van der Waals surface area contributed by atoms with Crippen LogP contribution in [0.25, 0.3) is 0 Å². The van der Waals surface area contributed by atoms with Crippen LogP contribution in [-0.4, -0.2) is 20.3 Å². The maximum absolute atomic E-state index is 5.38. The van der Waals surface area contributed by atoms with Gasteiger partial charge in [0.15, 0.2) is 0 Å². The van der Waals surface area contributed by atoms with Crippen molar-refractivity contribution in [1.82, 2.24) is 5.32 Å². The number of hydrogen-bond donors (Lipinski definition) is 1. The number of nitrogens with one attached hydrogen (secondary N) is 1. The van der Waals surface area contributed by atoms with E-state index < -0.39 is 0 Å². The van der Waals surface area contributed by atoms with Gasteiger partial charge in [0, 0.05) is 19.1 Å². The van der Waals surface area contributed by atoms with E-state index >= 15 is 0 Å². The van der Waals surface area contributed by atoms with Crippen LogP contribution in [0.15, 0.2) is 24.3 Å². The molecule has 1 aliphatic rings. The molecule has 1 heterocycles. The molecule has 1 unspecified atom stereocenters. The van der Waals surface area contributed by atoms with Crippen LogP contribution in [0.5, 0.6) is 0 Å². The van der Waals surface area contributed by atoms with Crippen molar-refractivity contribution < 1.29 is 4.74 Å². The zero-order valence-corrected chi connectivity index (χ0v) is 8.62. The highest BCUT2D eigenvalue weighted by Gasteiger charge is 2.16. The first-order valence-corrected chi connectivity index (χ1v) is 5.21. The second-order valence-electron chi connectivity index (χ2n) is 3.83. The maximum Gasteiger partial charge on any atom is 0.0535 e. The average Bonchev–Trinajstić information content (AvgIpc) is 2.72. The third-order valence-corrected chi connectivity index (χ3v) is 2.76. The van der Waals surface area contributed by atoms with Gasteiger partial charge in [0.2, 0.25) is 0 Å². The molecular formula is C12H17NO. The van der Waals surface area contributed by atoms with Gasteiger partial charge in [-0.15, -0.1) is 0 Å². The van der Waals surface area contributed by atoms with Crippen molar-refractivity contribution >= 4 is 0 Å². The van der Waals surface area contributed by atoms with Gasteiger partial charge in [0.25, 0.3) is 0 Å². The summed E-state index contributed by atoms with van der Waals surface area (Å²) in [7, 11) is 1.97. The van der Waals surface area contributed by atoms with Crippen molar-refractivity contribution in [3.8, 4) is 0 Å². The quantitative estimate of drug-likeness (QED) is 0.788. The summed E-state index contributed by atoms with van der Waals surface area (Å²) < 4.78 is 5.38. The zero-order valence-electron chi connectivity index (χ0n) is 8.62. The second kappa shape index (κ2) is 4.58. The maximum atomic E-state index is 5.38. The van der Waals surface area contributed by atoms with E-state index in [0.717, 1.165) is 19.8 Å². The average molecular weight is 191 g/mol. The molecule has 0 radical (unpaired) electrons. The third kappa shape index (κ3) is 2.14. The number of hydrogen-bond acceptors (Lipinski definition) is 2. The van der Waals surface area contributed by atoms with Crippen LogP contribution >= 0.6 is 0 Å². The van der Waals surface area contributed by atoms with Gasteiger partial charge in [-0.2, -0.15) is 0 Å². The molecule has 1 aliphatic heterocycles. The predicted octanol–water partition coefficient (Wildman–Crippen LogP) is 1.91. The molecule has 1 aromatic carbocycles. The van der Waals surface area contributed by atoms with Crippen molar-refractivity contribution in [2.45, 2.75) is 18.9 Å². The van der Waals surface area contributed by atoms with E-state index in [-0.39, 0.29) is 0 Å². The van der Waals surface area contributed by atoms with E-state index in [2.05, 4.69) is 29.6 Å². The summed E-state index contributed by atoms with van der Waals surface area (Å²) >= 11 is 0. The lowest BCUT2D eigenvalue weighted by Crippen LogP contribution is -2.05. The van der Waals surface area contributed by atoms with Crippen molar-refractivity contribution in [3.05, 3.63) is 35.4 Å². The molecule has 1 saturated heterocycles.